The minimum atomic E-state index is -0.997. The minimum absolute atomic E-state index is 0.0953. The fraction of sp³-hybridized carbons (Fsp3) is 0.833. The second-order valence-corrected chi connectivity index (χ2v) is 4.91. The molecule has 0 aliphatic carbocycles. The summed E-state index contributed by atoms with van der Waals surface area (Å²) in [6.07, 6.45) is 0.842. The number of carboxylic acid groups (broad SMARTS) is 1. The van der Waals surface area contributed by atoms with E-state index in [1.807, 2.05) is 6.92 Å². The molecular weight excluding hydrogens is 222 g/mol. The van der Waals surface area contributed by atoms with Gasteiger partial charge >= 0.3 is 5.97 Å². The van der Waals surface area contributed by atoms with Crippen LogP contribution in [0.2, 0.25) is 0 Å². The number of carbonyl (C=O) groups is 2. The molecular formula is C12H23NO4. The van der Waals surface area contributed by atoms with Crippen molar-refractivity contribution in [3.05, 3.63) is 0 Å². The van der Waals surface area contributed by atoms with Crippen molar-refractivity contribution in [2.75, 3.05) is 7.11 Å². The van der Waals surface area contributed by atoms with Crippen LogP contribution in [0.5, 0.6) is 0 Å². The van der Waals surface area contributed by atoms with Crippen molar-refractivity contribution in [3.8, 4) is 0 Å². The third kappa shape index (κ3) is 5.68. The number of aliphatic carboxylic acids is 1. The average molecular weight is 245 g/mol. The van der Waals surface area contributed by atoms with E-state index in [4.69, 9.17) is 9.84 Å². The third-order valence-corrected chi connectivity index (χ3v) is 2.93. The number of rotatable bonds is 7. The molecule has 2 atom stereocenters. The third-order valence-electron chi connectivity index (χ3n) is 2.93. The van der Waals surface area contributed by atoms with Gasteiger partial charge in [-0.1, -0.05) is 20.3 Å². The Labute approximate surface area is 103 Å². The van der Waals surface area contributed by atoms with Gasteiger partial charge in [-0.15, -0.1) is 0 Å². The van der Waals surface area contributed by atoms with Crippen molar-refractivity contribution >= 4 is 11.9 Å². The number of carbonyl (C=O) groups excluding carboxylic acids is 1. The van der Waals surface area contributed by atoms with Crippen LogP contribution in [0.25, 0.3) is 0 Å². The number of methoxy groups -OCH3 is 1. The quantitative estimate of drug-likeness (QED) is 0.711. The second-order valence-electron chi connectivity index (χ2n) is 4.91. The van der Waals surface area contributed by atoms with Gasteiger partial charge in [0.15, 0.2) is 0 Å². The van der Waals surface area contributed by atoms with Crippen LogP contribution >= 0.6 is 0 Å². The van der Waals surface area contributed by atoms with Crippen molar-refractivity contribution in [1.82, 2.24) is 5.32 Å². The Morgan fingerprint density at radius 1 is 1.41 bits per heavy atom. The minimum Gasteiger partial charge on any atom is -0.480 e. The van der Waals surface area contributed by atoms with Crippen LogP contribution in [0.3, 0.4) is 0 Å². The molecule has 5 heteroatoms. The lowest BCUT2D eigenvalue weighted by Crippen LogP contribution is -2.46. The molecule has 0 saturated carbocycles. The largest absolute Gasteiger partial charge is 0.480 e. The predicted octanol–water partition coefficient (Wildman–Crippen LogP) is 1.42. The molecule has 2 N–H and O–H groups in total. The van der Waals surface area contributed by atoms with E-state index in [1.165, 1.54) is 7.11 Å². The van der Waals surface area contributed by atoms with Gasteiger partial charge in [0.05, 0.1) is 12.0 Å². The van der Waals surface area contributed by atoms with E-state index in [2.05, 4.69) is 5.32 Å². The van der Waals surface area contributed by atoms with Crippen LogP contribution in [0.4, 0.5) is 0 Å². The van der Waals surface area contributed by atoms with Gasteiger partial charge in [0.1, 0.15) is 6.04 Å². The highest BCUT2D eigenvalue weighted by atomic mass is 16.5. The van der Waals surface area contributed by atoms with Crippen LogP contribution < -0.4 is 5.32 Å². The molecule has 0 aromatic heterocycles. The molecule has 0 heterocycles. The van der Waals surface area contributed by atoms with Crippen LogP contribution in [0.1, 0.15) is 40.5 Å². The maximum Gasteiger partial charge on any atom is 0.326 e. The highest BCUT2D eigenvalue weighted by Gasteiger charge is 2.28. The summed E-state index contributed by atoms with van der Waals surface area (Å²) < 4.78 is 5.13. The maximum absolute atomic E-state index is 11.7. The Balaban J connectivity index is 4.47. The molecule has 0 radical (unpaired) electrons. The Kier molecular flexibility index (Phi) is 6.16. The van der Waals surface area contributed by atoms with Crippen molar-refractivity contribution in [2.45, 2.75) is 52.2 Å². The number of hydrogen-bond acceptors (Lipinski definition) is 3. The SMILES string of the molecule is CCC(C)[C@H](NC(=O)CC(C)(C)OC)C(=O)O. The van der Waals surface area contributed by atoms with Crippen molar-refractivity contribution in [1.29, 1.82) is 0 Å². The first-order chi connectivity index (χ1) is 7.73. The summed E-state index contributed by atoms with van der Waals surface area (Å²) >= 11 is 0. The lowest BCUT2D eigenvalue weighted by atomic mass is 9.98. The van der Waals surface area contributed by atoms with Gasteiger partial charge in [-0.05, 0) is 19.8 Å². The van der Waals surface area contributed by atoms with E-state index in [-0.39, 0.29) is 18.2 Å². The zero-order valence-electron chi connectivity index (χ0n) is 11.2. The molecule has 100 valence electrons. The number of ether oxygens (including phenoxy) is 1. The first kappa shape index (κ1) is 15.9. The summed E-state index contributed by atoms with van der Waals surface area (Å²) in [5.41, 5.74) is -0.581. The fourth-order valence-electron chi connectivity index (χ4n) is 1.37. The van der Waals surface area contributed by atoms with E-state index in [1.54, 1.807) is 20.8 Å². The summed E-state index contributed by atoms with van der Waals surface area (Å²) in [5.74, 6) is -1.39. The van der Waals surface area contributed by atoms with Crippen molar-refractivity contribution in [3.63, 3.8) is 0 Å². The highest BCUT2D eigenvalue weighted by Crippen LogP contribution is 2.14. The number of amides is 1. The maximum atomic E-state index is 11.7. The summed E-state index contributed by atoms with van der Waals surface area (Å²) in [6, 6.07) is -0.833. The fourth-order valence-corrected chi connectivity index (χ4v) is 1.37. The Hall–Kier alpha value is -1.10. The zero-order chi connectivity index (χ0) is 13.6. The first-order valence-electron chi connectivity index (χ1n) is 5.80. The molecule has 0 fully saturated rings. The number of hydrogen-bond donors (Lipinski definition) is 2. The van der Waals surface area contributed by atoms with Crippen LogP contribution in [0.15, 0.2) is 0 Å². The molecule has 0 aliphatic heterocycles. The van der Waals surface area contributed by atoms with E-state index < -0.39 is 17.6 Å². The van der Waals surface area contributed by atoms with Crippen LogP contribution in [-0.2, 0) is 14.3 Å². The number of nitrogens with one attached hydrogen (secondary N) is 1. The van der Waals surface area contributed by atoms with E-state index >= 15 is 0 Å². The topological polar surface area (TPSA) is 75.6 Å². The predicted molar refractivity (Wildman–Crippen MR) is 64.7 cm³/mol. The van der Waals surface area contributed by atoms with Crippen LogP contribution in [0, 0.1) is 5.92 Å². The van der Waals surface area contributed by atoms with Gasteiger partial charge in [0.2, 0.25) is 5.91 Å². The second kappa shape index (κ2) is 6.59. The van der Waals surface area contributed by atoms with Gasteiger partial charge in [0.25, 0.3) is 0 Å². The van der Waals surface area contributed by atoms with Crippen LogP contribution in [-0.4, -0.2) is 35.7 Å². The molecule has 1 amide bonds. The van der Waals surface area contributed by atoms with Gasteiger partial charge < -0.3 is 15.2 Å². The molecule has 0 rings (SSSR count). The Morgan fingerprint density at radius 3 is 2.29 bits per heavy atom. The monoisotopic (exact) mass is 245 g/mol. The van der Waals surface area contributed by atoms with E-state index in [9.17, 15) is 9.59 Å². The summed E-state index contributed by atoms with van der Waals surface area (Å²) in [6.45, 7) is 7.27. The Morgan fingerprint density at radius 2 is 1.94 bits per heavy atom. The summed E-state index contributed by atoms with van der Waals surface area (Å²) in [4.78, 5) is 22.7. The van der Waals surface area contributed by atoms with Gasteiger partial charge in [0, 0.05) is 7.11 Å². The van der Waals surface area contributed by atoms with Gasteiger partial charge in [-0.25, -0.2) is 4.79 Å². The summed E-state index contributed by atoms with van der Waals surface area (Å²) in [5, 5.41) is 11.6. The van der Waals surface area contributed by atoms with Crippen molar-refractivity contribution < 1.29 is 19.4 Å². The van der Waals surface area contributed by atoms with E-state index in [0.717, 1.165) is 0 Å². The molecule has 1 unspecified atom stereocenters. The molecule has 0 bridgehead atoms. The molecule has 0 spiro atoms. The summed E-state index contributed by atoms with van der Waals surface area (Å²) in [7, 11) is 1.52. The Bertz CT molecular complexity index is 276. The molecule has 0 saturated heterocycles. The normalized spacial score (nSPS) is 15.1. The lowest BCUT2D eigenvalue weighted by Gasteiger charge is -2.25. The molecule has 0 aromatic rings. The zero-order valence-corrected chi connectivity index (χ0v) is 11.2. The van der Waals surface area contributed by atoms with Crippen molar-refractivity contribution in [2.24, 2.45) is 5.92 Å². The lowest BCUT2D eigenvalue weighted by molar-refractivity contribution is -0.144. The van der Waals surface area contributed by atoms with Gasteiger partial charge in [-0.3, -0.25) is 4.79 Å². The number of carboxylic acids is 1. The molecule has 5 nitrogen and oxygen atoms in total. The smallest absolute Gasteiger partial charge is 0.326 e. The van der Waals surface area contributed by atoms with E-state index in [0.29, 0.717) is 6.42 Å². The molecule has 0 aromatic carbocycles. The first-order valence-corrected chi connectivity index (χ1v) is 5.80. The highest BCUT2D eigenvalue weighted by molar-refractivity contribution is 5.84. The molecule has 17 heavy (non-hydrogen) atoms. The molecule has 0 aliphatic rings. The van der Waals surface area contributed by atoms with Gasteiger partial charge in [-0.2, -0.15) is 0 Å². The standard InChI is InChI=1S/C12H23NO4/c1-6-8(2)10(11(15)16)13-9(14)7-12(3,4)17-5/h8,10H,6-7H2,1-5H3,(H,13,14)(H,15,16)/t8?,10-/m0/s1. The average Bonchev–Trinajstić information content (AvgIpc) is 2.24.